The maximum Gasteiger partial charge on any atom is 0.338 e. The zero-order valence-electron chi connectivity index (χ0n) is 24.4. The molecule has 9 heteroatoms. The summed E-state index contributed by atoms with van der Waals surface area (Å²) in [5.41, 5.74) is 5.04. The third kappa shape index (κ3) is 4.85. The first kappa shape index (κ1) is 27.6. The summed E-state index contributed by atoms with van der Waals surface area (Å²) >= 11 is 0. The van der Waals surface area contributed by atoms with Crippen LogP contribution in [-0.2, 0) is 25.4 Å². The molecule has 218 valence electrons. The molecule has 3 aromatic rings. The number of aromatic amines is 1. The number of nitrogens with one attached hydrogen (secondary N) is 1. The van der Waals surface area contributed by atoms with Gasteiger partial charge in [-0.15, -0.1) is 0 Å². The van der Waals surface area contributed by atoms with Crippen molar-refractivity contribution < 1.29 is 28.5 Å². The van der Waals surface area contributed by atoms with Crippen LogP contribution < -0.4 is 9.64 Å². The second kappa shape index (κ2) is 11.0. The number of carbonyl (C=O) groups excluding carboxylic acids is 2. The van der Waals surface area contributed by atoms with Gasteiger partial charge in [0.1, 0.15) is 18.0 Å². The number of methoxy groups -OCH3 is 3. The van der Waals surface area contributed by atoms with Gasteiger partial charge in [-0.1, -0.05) is 6.07 Å². The van der Waals surface area contributed by atoms with Crippen LogP contribution in [0.25, 0.3) is 10.9 Å². The van der Waals surface area contributed by atoms with Crippen molar-refractivity contribution in [3.05, 3.63) is 59.3 Å². The Morgan fingerprint density at radius 1 is 1.05 bits per heavy atom. The van der Waals surface area contributed by atoms with Crippen LogP contribution in [0.2, 0.25) is 0 Å². The molecule has 3 aliphatic rings. The lowest BCUT2D eigenvalue weighted by molar-refractivity contribution is -0.176. The molecule has 2 aliphatic heterocycles. The first-order valence-electron chi connectivity index (χ1n) is 14.3. The summed E-state index contributed by atoms with van der Waals surface area (Å²) in [5.74, 6) is -0.231. The standard InChI is InChI=1S/C32H39N3O6/c1-34(2)20-8-6-7-18(13-20)31(36)41-27-14-19-17-35-12-11-23-22-10-9-21(38-3)15-25(22)33-29(23)26(35)16-24(19)28(30(27)39-4)32(37)40-5/h6-10,13,15,19,24,26-28,30,33H,11-12,14,16-17H2,1-5H3/t19-,24+,26+,27-,28+,30-/m1/s1. The van der Waals surface area contributed by atoms with E-state index in [0.717, 1.165) is 42.9 Å². The Hall–Kier alpha value is -3.56. The molecule has 1 aromatic heterocycles. The van der Waals surface area contributed by atoms with Crippen molar-refractivity contribution in [2.45, 2.75) is 37.5 Å². The quantitative estimate of drug-likeness (QED) is 0.448. The van der Waals surface area contributed by atoms with E-state index in [2.05, 4.69) is 22.0 Å². The second-order valence-corrected chi connectivity index (χ2v) is 11.7. The number of hydrogen-bond donors (Lipinski definition) is 1. The molecule has 0 amide bonds. The summed E-state index contributed by atoms with van der Waals surface area (Å²) in [5, 5.41) is 1.23. The SMILES string of the molecule is COC(=O)[C@H]1[C@H]2C[C@H]3c4[nH]c5cc(OC)ccc5c4CCN3C[C@H]2C[C@@H](OC(=O)c2cccc(N(C)C)c2)[C@H]1OC. The van der Waals surface area contributed by atoms with Gasteiger partial charge in [0.05, 0.1) is 31.7 Å². The highest BCUT2D eigenvalue weighted by molar-refractivity contribution is 5.91. The lowest BCUT2D eigenvalue weighted by Gasteiger charge is -2.52. The first-order chi connectivity index (χ1) is 19.8. The highest BCUT2D eigenvalue weighted by atomic mass is 16.6. The summed E-state index contributed by atoms with van der Waals surface area (Å²) in [6, 6.07) is 13.7. The molecule has 1 saturated carbocycles. The molecule has 2 aromatic carbocycles. The Balaban J connectivity index is 1.29. The minimum atomic E-state index is -0.591. The van der Waals surface area contributed by atoms with Crippen LogP contribution in [0.4, 0.5) is 5.69 Å². The number of benzene rings is 2. The van der Waals surface area contributed by atoms with Gasteiger partial charge in [0, 0.05) is 62.6 Å². The molecule has 3 heterocycles. The average molecular weight is 562 g/mol. The summed E-state index contributed by atoms with van der Waals surface area (Å²) in [7, 11) is 8.56. The number of esters is 2. The molecule has 2 fully saturated rings. The van der Waals surface area contributed by atoms with E-state index in [4.69, 9.17) is 18.9 Å². The van der Waals surface area contributed by atoms with E-state index >= 15 is 0 Å². The molecule has 1 aliphatic carbocycles. The van der Waals surface area contributed by atoms with Gasteiger partial charge in [0.2, 0.25) is 0 Å². The first-order valence-corrected chi connectivity index (χ1v) is 14.3. The molecular weight excluding hydrogens is 522 g/mol. The lowest BCUT2D eigenvalue weighted by atomic mass is 9.63. The van der Waals surface area contributed by atoms with E-state index in [1.807, 2.05) is 43.3 Å². The van der Waals surface area contributed by atoms with Crippen LogP contribution >= 0.6 is 0 Å². The molecule has 0 bridgehead atoms. The number of nitrogens with zero attached hydrogens (tertiary/aromatic N) is 2. The number of fused-ring (bicyclic) bond motifs is 6. The molecule has 1 N–H and O–H groups in total. The Morgan fingerprint density at radius 3 is 2.61 bits per heavy atom. The topological polar surface area (TPSA) is 93.3 Å². The molecule has 6 atom stereocenters. The van der Waals surface area contributed by atoms with Crippen molar-refractivity contribution in [1.82, 2.24) is 9.88 Å². The lowest BCUT2D eigenvalue weighted by Crippen LogP contribution is -2.58. The van der Waals surface area contributed by atoms with Gasteiger partial charge in [0.15, 0.2) is 0 Å². The molecule has 0 spiro atoms. The van der Waals surface area contributed by atoms with Crippen molar-refractivity contribution in [1.29, 1.82) is 0 Å². The number of hydrogen-bond acceptors (Lipinski definition) is 8. The van der Waals surface area contributed by atoms with E-state index in [1.54, 1.807) is 20.3 Å². The number of ether oxygens (including phenoxy) is 4. The van der Waals surface area contributed by atoms with Gasteiger partial charge in [-0.05, 0) is 67.0 Å². The van der Waals surface area contributed by atoms with Gasteiger partial charge in [-0.3, -0.25) is 9.69 Å². The summed E-state index contributed by atoms with van der Waals surface area (Å²) in [4.78, 5) is 34.8. The van der Waals surface area contributed by atoms with Gasteiger partial charge in [-0.2, -0.15) is 0 Å². The minimum absolute atomic E-state index is 0.0348. The number of rotatable bonds is 6. The smallest absolute Gasteiger partial charge is 0.338 e. The molecular formula is C32H39N3O6. The zero-order chi connectivity index (χ0) is 28.8. The number of aromatic nitrogens is 1. The average Bonchev–Trinajstić information content (AvgIpc) is 3.37. The number of anilines is 1. The third-order valence-electron chi connectivity index (χ3n) is 9.46. The Morgan fingerprint density at radius 2 is 1.88 bits per heavy atom. The van der Waals surface area contributed by atoms with Gasteiger partial charge < -0.3 is 28.8 Å². The van der Waals surface area contributed by atoms with E-state index in [9.17, 15) is 9.59 Å². The Bertz CT molecular complexity index is 1450. The van der Waals surface area contributed by atoms with Crippen molar-refractivity contribution in [2.75, 3.05) is 53.4 Å². The molecule has 1 saturated heterocycles. The highest BCUT2D eigenvalue weighted by Gasteiger charge is 2.54. The van der Waals surface area contributed by atoms with Crippen molar-refractivity contribution in [2.24, 2.45) is 17.8 Å². The van der Waals surface area contributed by atoms with Crippen LogP contribution in [0.1, 0.15) is 40.5 Å². The normalized spacial score (nSPS) is 27.3. The summed E-state index contributed by atoms with van der Waals surface area (Å²) < 4.78 is 22.8. The van der Waals surface area contributed by atoms with E-state index in [0.29, 0.717) is 12.0 Å². The summed E-state index contributed by atoms with van der Waals surface area (Å²) in [6.07, 6.45) is 1.24. The maximum absolute atomic E-state index is 13.3. The van der Waals surface area contributed by atoms with Crippen molar-refractivity contribution in [3.8, 4) is 5.75 Å². The zero-order valence-corrected chi connectivity index (χ0v) is 24.4. The molecule has 0 unspecified atom stereocenters. The van der Waals surface area contributed by atoms with E-state index < -0.39 is 24.1 Å². The third-order valence-corrected chi connectivity index (χ3v) is 9.46. The van der Waals surface area contributed by atoms with Gasteiger partial charge in [0.25, 0.3) is 0 Å². The van der Waals surface area contributed by atoms with Crippen LogP contribution in [0.3, 0.4) is 0 Å². The van der Waals surface area contributed by atoms with E-state index in [-0.39, 0.29) is 23.8 Å². The number of H-pyrrole nitrogens is 1. The van der Waals surface area contributed by atoms with Crippen LogP contribution in [0.15, 0.2) is 42.5 Å². The van der Waals surface area contributed by atoms with Crippen LogP contribution in [-0.4, -0.2) is 82.5 Å². The minimum Gasteiger partial charge on any atom is -0.497 e. The second-order valence-electron chi connectivity index (χ2n) is 11.7. The maximum atomic E-state index is 13.3. The van der Waals surface area contributed by atoms with Crippen LogP contribution in [0, 0.1) is 17.8 Å². The summed E-state index contributed by atoms with van der Waals surface area (Å²) in [6.45, 7) is 1.76. The fourth-order valence-electron chi connectivity index (χ4n) is 7.47. The molecule has 0 radical (unpaired) electrons. The van der Waals surface area contributed by atoms with Crippen molar-refractivity contribution in [3.63, 3.8) is 0 Å². The monoisotopic (exact) mass is 561 g/mol. The number of piperidine rings is 1. The highest BCUT2D eigenvalue weighted by Crippen LogP contribution is 2.50. The van der Waals surface area contributed by atoms with Crippen LogP contribution in [0.5, 0.6) is 5.75 Å². The Kier molecular flexibility index (Phi) is 7.42. The molecule has 6 rings (SSSR count). The number of carbonyl (C=O) groups is 2. The molecule has 41 heavy (non-hydrogen) atoms. The van der Waals surface area contributed by atoms with Crippen molar-refractivity contribution >= 4 is 28.5 Å². The fourth-order valence-corrected chi connectivity index (χ4v) is 7.47. The fraction of sp³-hybridized carbons (Fsp3) is 0.500. The Labute approximate surface area is 240 Å². The predicted molar refractivity (Wildman–Crippen MR) is 155 cm³/mol. The molecule has 9 nitrogen and oxygen atoms in total. The van der Waals surface area contributed by atoms with E-state index in [1.165, 1.54) is 23.8 Å². The van der Waals surface area contributed by atoms with Gasteiger partial charge in [-0.25, -0.2) is 4.79 Å². The largest absolute Gasteiger partial charge is 0.497 e. The van der Waals surface area contributed by atoms with Gasteiger partial charge >= 0.3 is 11.9 Å². The predicted octanol–water partition coefficient (Wildman–Crippen LogP) is 4.21.